The van der Waals surface area contributed by atoms with E-state index in [0.717, 1.165) is 6.08 Å². The first-order valence-corrected chi connectivity index (χ1v) is 7.55. The Morgan fingerprint density at radius 2 is 1.76 bits per heavy atom. The van der Waals surface area contributed by atoms with Gasteiger partial charge >= 0.3 is 11.9 Å². The van der Waals surface area contributed by atoms with Crippen molar-refractivity contribution in [2.24, 2.45) is 0 Å². The lowest BCUT2D eigenvalue weighted by Crippen LogP contribution is -2.12. The maximum Gasteiger partial charge on any atom is 0.347 e. The van der Waals surface area contributed by atoms with Gasteiger partial charge in [0.25, 0.3) is 0 Å². The zero-order chi connectivity index (χ0) is 18.2. The molecule has 0 aliphatic rings. The minimum atomic E-state index is -0.616. The minimum Gasteiger partial charge on any atom is -0.493 e. The molecule has 6 nitrogen and oxygen atoms in total. The number of ether oxygens (including phenoxy) is 4. The monoisotopic (exact) mass is 342 g/mol. The van der Waals surface area contributed by atoms with Crippen molar-refractivity contribution >= 4 is 11.9 Å². The van der Waals surface area contributed by atoms with E-state index in [0.29, 0.717) is 18.1 Å². The van der Waals surface area contributed by atoms with E-state index in [1.165, 1.54) is 25.3 Å². The van der Waals surface area contributed by atoms with Gasteiger partial charge in [-0.05, 0) is 31.2 Å². The Morgan fingerprint density at radius 1 is 1.04 bits per heavy atom. The van der Waals surface area contributed by atoms with E-state index < -0.39 is 11.9 Å². The SMILES string of the molecule is C=CC(=O)Oc1ccc(C(=O)Oc2ccccc2OC)c(OCC)c1. The van der Waals surface area contributed by atoms with E-state index in [1.807, 2.05) is 0 Å². The maximum atomic E-state index is 12.5. The molecule has 130 valence electrons. The van der Waals surface area contributed by atoms with Crippen LogP contribution in [0.5, 0.6) is 23.0 Å². The Labute approximate surface area is 145 Å². The summed E-state index contributed by atoms with van der Waals surface area (Å²) in [7, 11) is 1.49. The molecule has 0 atom stereocenters. The van der Waals surface area contributed by atoms with Crippen molar-refractivity contribution in [2.75, 3.05) is 13.7 Å². The molecule has 0 saturated carbocycles. The first-order valence-electron chi connectivity index (χ1n) is 7.55. The second-order valence-electron chi connectivity index (χ2n) is 4.76. The Morgan fingerprint density at radius 3 is 2.40 bits per heavy atom. The lowest BCUT2D eigenvalue weighted by Gasteiger charge is -2.13. The van der Waals surface area contributed by atoms with Gasteiger partial charge in [-0.15, -0.1) is 0 Å². The number of rotatable bonds is 7. The lowest BCUT2D eigenvalue weighted by molar-refractivity contribution is -0.128. The van der Waals surface area contributed by atoms with Gasteiger partial charge in [-0.1, -0.05) is 18.7 Å². The largest absolute Gasteiger partial charge is 0.493 e. The quantitative estimate of drug-likeness (QED) is 0.436. The Hall–Kier alpha value is -3.28. The summed E-state index contributed by atoms with van der Waals surface area (Å²) in [5, 5.41) is 0. The van der Waals surface area contributed by atoms with Crippen molar-refractivity contribution in [1.82, 2.24) is 0 Å². The fourth-order valence-corrected chi connectivity index (χ4v) is 2.03. The molecule has 0 unspecified atom stereocenters. The average molecular weight is 342 g/mol. The molecule has 0 saturated heterocycles. The van der Waals surface area contributed by atoms with Gasteiger partial charge in [-0.25, -0.2) is 9.59 Å². The van der Waals surface area contributed by atoms with Crippen molar-refractivity contribution in [3.63, 3.8) is 0 Å². The Kier molecular flexibility index (Phi) is 6.17. The first kappa shape index (κ1) is 18.1. The number of methoxy groups -OCH3 is 1. The van der Waals surface area contributed by atoms with Crippen molar-refractivity contribution in [1.29, 1.82) is 0 Å². The zero-order valence-electron chi connectivity index (χ0n) is 14.0. The highest BCUT2D eigenvalue weighted by atomic mass is 16.6. The van der Waals surface area contributed by atoms with E-state index >= 15 is 0 Å². The summed E-state index contributed by atoms with van der Waals surface area (Å²) in [6.07, 6.45) is 1.05. The highest BCUT2D eigenvalue weighted by Crippen LogP contribution is 2.30. The number of hydrogen-bond acceptors (Lipinski definition) is 6. The van der Waals surface area contributed by atoms with E-state index in [-0.39, 0.29) is 17.1 Å². The van der Waals surface area contributed by atoms with Gasteiger partial charge in [0, 0.05) is 12.1 Å². The predicted octanol–water partition coefficient (Wildman–Crippen LogP) is 3.40. The third-order valence-corrected chi connectivity index (χ3v) is 3.13. The van der Waals surface area contributed by atoms with Crippen molar-refractivity contribution < 1.29 is 28.5 Å². The summed E-state index contributed by atoms with van der Waals surface area (Å²) >= 11 is 0. The molecule has 25 heavy (non-hydrogen) atoms. The van der Waals surface area contributed by atoms with Crippen molar-refractivity contribution in [3.05, 3.63) is 60.7 Å². The van der Waals surface area contributed by atoms with Crippen LogP contribution in [0.2, 0.25) is 0 Å². The Balaban J connectivity index is 2.28. The number of carbonyl (C=O) groups is 2. The molecule has 2 aromatic rings. The number of para-hydroxylation sites is 2. The molecule has 2 rings (SSSR count). The molecule has 0 aliphatic heterocycles. The van der Waals surface area contributed by atoms with Gasteiger partial charge in [-0.2, -0.15) is 0 Å². The van der Waals surface area contributed by atoms with Gasteiger partial charge < -0.3 is 18.9 Å². The van der Waals surface area contributed by atoms with Gasteiger partial charge in [0.1, 0.15) is 17.1 Å². The van der Waals surface area contributed by atoms with Gasteiger partial charge in [0.15, 0.2) is 11.5 Å². The third-order valence-electron chi connectivity index (χ3n) is 3.13. The smallest absolute Gasteiger partial charge is 0.347 e. The Bertz CT molecular complexity index is 781. The number of carbonyl (C=O) groups excluding carboxylic acids is 2. The molecule has 0 bridgehead atoms. The molecule has 0 fully saturated rings. The summed E-state index contributed by atoms with van der Waals surface area (Å²) in [6, 6.07) is 11.2. The number of hydrogen-bond donors (Lipinski definition) is 0. The minimum absolute atomic E-state index is 0.200. The van der Waals surface area contributed by atoms with E-state index in [2.05, 4.69) is 6.58 Å². The number of benzene rings is 2. The van der Waals surface area contributed by atoms with Crippen LogP contribution in [-0.4, -0.2) is 25.7 Å². The van der Waals surface area contributed by atoms with Crippen LogP contribution in [0.25, 0.3) is 0 Å². The topological polar surface area (TPSA) is 71.1 Å². The van der Waals surface area contributed by atoms with Crippen molar-refractivity contribution in [2.45, 2.75) is 6.92 Å². The molecule has 2 aromatic carbocycles. The summed E-state index contributed by atoms with van der Waals surface area (Å²) in [5.74, 6) is -0.00903. The van der Waals surface area contributed by atoms with Gasteiger partial charge in [0.2, 0.25) is 0 Å². The standard InChI is InChI=1S/C19H18O6/c1-4-18(20)24-13-10-11-14(17(12-13)23-5-2)19(21)25-16-9-7-6-8-15(16)22-3/h4,6-12H,1,5H2,2-3H3. The van der Waals surface area contributed by atoms with Gasteiger partial charge in [0.05, 0.1) is 13.7 Å². The zero-order valence-corrected chi connectivity index (χ0v) is 14.0. The van der Waals surface area contributed by atoms with Crippen LogP contribution in [0, 0.1) is 0 Å². The van der Waals surface area contributed by atoms with Crippen LogP contribution in [-0.2, 0) is 4.79 Å². The molecule has 0 spiro atoms. The van der Waals surface area contributed by atoms with Crippen LogP contribution in [0.4, 0.5) is 0 Å². The van der Waals surface area contributed by atoms with E-state index in [1.54, 1.807) is 31.2 Å². The molecule has 0 amide bonds. The van der Waals surface area contributed by atoms with Crippen LogP contribution in [0.3, 0.4) is 0 Å². The second-order valence-corrected chi connectivity index (χ2v) is 4.76. The molecule has 0 N–H and O–H groups in total. The molecular weight excluding hydrogens is 324 g/mol. The van der Waals surface area contributed by atoms with Crippen molar-refractivity contribution in [3.8, 4) is 23.0 Å². The van der Waals surface area contributed by atoms with Crippen LogP contribution in [0.1, 0.15) is 17.3 Å². The molecular formula is C19H18O6. The molecule has 0 aromatic heterocycles. The summed E-state index contributed by atoms with van der Waals surface area (Å²) in [6.45, 7) is 5.44. The number of esters is 2. The first-order chi connectivity index (χ1) is 12.1. The summed E-state index contributed by atoms with van der Waals surface area (Å²) < 4.78 is 21.0. The lowest BCUT2D eigenvalue weighted by atomic mass is 10.2. The van der Waals surface area contributed by atoms with Crippen LogP contribution >= 0.6 is 0 Å². The molecule has 0 radical (unpaired) electrons. The fraction of sp³-hybridized carbons (Fsp3) is 0.158. The van der Waals surface area contributed by atoms with Crippen LogP contribution in [0.15, 0.2) is 55.1 Å². The third kappa shape index (κ3) is 4.60. The summed E-state index contributed by atoms with van der Waals surface area (Å²) in [5.41, 5.74) is 0.200. The van der Waals surface area contributed by atoms with Gasteiger partial charge in [-0.3, -0.25) is 0 Å². The fourth-order valence-electron chi connectivity index (χ4n) is 2.03. The molecule has 0 heterocycles. The van der Waals surface area contributed by atoms with E-state index in [9.17, 15) is 9.59 Å². The highest BCUT2D eigenvalue weighted by Gasteiger charge is 2.18. The maximum absolute atomic E-state index is 12.5. The normalized spacial score (nSPS) is 9.84. The molecule has 0 aliphatic carbocycles. The van der Waals surface area contributed by atoms with Crippen LogP contribution < -0.4 is 18.9 Å². The summed E-state index contributed by atoms with van der Waals surface area (Å²) in [4.78, 5) is 23.8. The van der Waals surface area contributed by atoms with E-state index in [4.69, 9.17) is 18.9 Å². The predicted molar refractivity (Wildman–Crippen MR) is 91.4 cm³/mol. The molecule has 6 heteroatoms. The average Bonchev–Trinajstić information content (AvgIpc) is 2.62. The highest BCUT2D eigenvalue weighted by molar-refractivity contribution is 5.94. The second kappa shape index (κ2) is 8.54.